The van der Waals surface area contributed by atoms with Gasteiger partial charge < -0.3 is 9.47 Å². The molecule has 0 aromatic carbocycles. The third kappa shape index (κ3) is 4.19. The maximum atomic E-state index is 6.04. The molecule has 1 rings (SSSR count). The van der Waals surface area contributed by atoms with E-state index in [1.165, 1.54) is 31.4 Å². The minimum Gasteiger partial charge on any atom is -0.354 e. The first-order valence-electron chi connectivity index (χ1n) is 6.75. The zero-order valence-corrected chi connectivity index (χ0v) is 12.6. The molecule has 0 aromatic rings. The third-order valence-corrected chi connectivity index (χ3v) is 7.76. The molecule has 0 amide bonds. The Morgan fingerprint density at radius 2 is 1.25 bits per heavy atom. The van der Waals surface area contributed by atoms with E-state index in [1.807, 2.05) is 0 Å². The Morgan fingerprint density at radius 3 is 1.62 bits per heavy atom. The number of hydrogen-bond acceptors (Lipinski definition) is 2. The predicted molar refractivity (Wildman–Crippen MR) is 71.3 cm³/mol. The lowest BCUT2D eigenvalue weighted by Gasteiger charge is -2.39. The van der Waals surface area contributed by atoms with Crippen LogP contribution in [0.4, 0.5) is 0 Å². The van der Waals surface area contributed by atoms with E-state index in [1.54, 1.807) is 0 Å². The van der Waals surface area contributed by atoms with E-state index in [9.17, 15) is 0 Å². The Balaban J connectivity index is 2.64. The van der Waals surface area contributed by atoms with E-state index < -0.39 is 8.07 Å². The van der Waals surface area contributed by atoms with Gasteiger partial charge in [0.05, 0.1) is 12.2 Å². The smallest absolute Gasteiger partial charge is 0.142 e. The lowest BCUT2D eigenvalue weighted by molar-refractivity contribution is -0.139. The van der Waals surface area contributed by atoms with Gasteiger partial charge in [-0.3, -0.25) is 0 Å². The monoisotopic (exact) mass is 244 g/mol. The minimum absolute atomic E-state index is 0.104. The van der Waals surface area contributed by atoms with Crippen LogP contribution in [0.1, 0.15) is 47.0 Å². The maximum Gasteiger partial charge on any atom is 0.142 e. The van der Waals surface area contributed by atoms with Gasteiger partial charge in [0.2, 0.25) is 0 Å². The molecule has 96 valence electrons. The van der Waals surface area contributed by atoms with Crippen LogP contribution in [0.3, 0.4) is 0 Å². The largest absolute Gasteiger partial charge is 0.354 e. The minimum atomic E-state index is -1.34. The molecule has 1 heterocycles. The van der Waals surface area contributed by atoms with Gasteiger partial charge in [-0.2, -0.15) is 0 Å². The fraction of sp³-hybridized carbons (Fsp3) is 1.00. The Kier molecular flexibility index (Phi) is 5.48. The number of hydrogen-bond donors (Lipinski definition) is 0. The van der Waals surface area contributed by atoms with Crippen LogP contribution in [0.25, 0.3) is 0 Å². The molecule has 1 fully saturated rings. The molecule has 0 aliphatic carbocycles. The highest BCUT2D eigenvalue weighted by molar-refractivity contribution is 6.79. The summed E-state index contributed by atoms with van der Waals surface area (Å²) >= 11 is 0. The molecule has 0 aromatic heterocycles. The van der Waals surface area contributed by atoms with Crippen LogP contribution >= 0.6 is 0 Å². The molecule has 0 radical (unpaired) electrons. The van der Waals surface area contributed by atoms with Crippen molar-refractivity contribution in [3.63, 3.8) is 0 Å². The molecule has 2 nitrogen and oxygen atoms in total. The van der Waals surface area contributed by atoms with E-state index >= 15 is 0 Å². The molecular weight excluding hydrogens is 216 g/mol. The van der Waals surface area contributed by atoms with Crippen LogP contribution in [0, 0.1) is 0 Å². The molecule has 3 heteroatoms. The van der Waals surface area contributed by atoms with Crippen LogP contribution in [0.5, 0.6) is 0 Å². The summed E-state index contributed by atoms with van der Waals surface area (Å²) in [5.41, 5.74) is 0. The molecule has 1 aliphatic rings. The van der Waals surface area contributed by atoms with Gasteiger partial charge in [0.15, 0.2) is 0 Å². The second kappa shape index (κ2) is 6.17. The molecule has 0 atom stereocenters. The first kappa shape index (κ1) is 14.2. The zero-order valence-electron chi connectivity index (χ0n) is 11.6. The van der Waals surface area contributed by atoms with Gasteiger partial charge in [0.25, 0.3) is 0 Å². The van der Waals surface area contributed by atoms with Gasteiger partial charge in [0.1, 0.15) is 14.0 Å². The molecule has 1 saturated heterocycles. The molecule has 0 bridgehead atoms. The van der Waals surface area contributed by atoms with Gasteiger partial charge in [-0.1, -0.05) is 37.9 Å². The van der Waals surface area contributed by atoms with Gasteiger partial charge in [-0.25, -0.2) is 0 Å². The number of ether oxygens (including phenoxy) is 2. The van der Waals surface area contributed by atoms with E-state index in [2.05, 4.69) is 34.2 Å². The summed E-state index contributed by atoms with van der Waals surface area (Å²) in [7, 11) is -1.34. The van der Waals surface area contributed by atoms with E-state index in [4.69, 9.17) is 9.47 Å². The lowest BCUT2D eigenvalue weighted by Crippen LogP contribution is -2.50. The molecule has 0 spiro atoms. The lowest BCUT2D eigenvalue weighted by atomic mass is 10.3. The van der Waals surface area contributed by atoms with Crippen molar-refractivity contribution in [2.24, 2.45) is 0 Å². The van der Waals surface area contributed by atoms with Gasteiger partial charge in [0, 0.05) is 0 Å². The standard InChI is InChI=1S/C13H28O2Si/c1-11(2)14-13(15-12(3)4)16(5)9-7-6-8-10-16/h11-13H,6-10H2,1-5H3. The van der Waals surface area contributed by atoms with Crippen LogP contribution in [-0.2, 0) is 9.47 Å². The highest BCUT2D eigenvalue weighted by Crippen LogP contribution is 2.33. The average Bonchev–Trinajstić information content (AvgIpc) is 2.16. The Labute approximate surface area is 102 Å². The summed E-state index contributed by atoms with van der Waals surface area (Å²) in [5, 5.41) is 0. The van der Waals surface area contributed by atoms with Crippen molar-refractivity contribution in [2.45, 2.75) is 83.7 Å². The third-order valence-electron chi connectivity index (χ3n) is 3.36. The van der Waals surface area contributed by atoms with Crippen LogP contribution in [-0.4, -0.2) is 26.2 Å². The highest BCUT2D eigenvalue weighted by atomic mass is 28.3. The summed E-state index contributed by atoms with van der Waals surface area (Å²) < 4.78 is 12.1. The molecule has 16 heavy (non-hydrogen) atoms. The van der Waals surface area contributed by atoms with Gasteiger partial charge in [-0.05, 0) is 27.7 Å². The summed E-state index contributed by atoms with van der Waals surface area (Å²) in [6, 6.07) is 2.74. The fourth-order valence-electron chi connectivity index (χ4n) is 2.45. The Bertz CT molecular complexity index is 188. The van der Waals surface area contributed by atoms with Crippen molar-refractivity contribution in [3.8, 4) is 0 Å². The molecule has 1 aliphatic heterocycles. The normalized spacial score (nSPS) is 21.0. The maximum absolute atomic E-state index is 6.04. The second-order valence-electron chi connectivity index (χ2n) is 5.92. The second-order valence-corrected chi connectivity index (χ2v) is 10.7. The summed E-state index contributed by atoms with van der Waals surface area (Å²) in [4.78, 5) is 0. The Morgan fingerprint density at radius 1 is 0.812 bits per heavy atom. The van der Waals surface area contributed by atoms with E-state index in [-0.39, 0.29) is 18.1 Å². The molecule has 0 unspecified atom stereocenters. The van der Waals surface area contributed by atoms with Crippen LogP contribution < -0.4 is 0 Å². The molecule has 0 N–H and O–H groups in total. The summed E-state index contributed by atoms with van der Waals surface area (Å²) in [6.45, 7) is 10.9. The predicted octanol–water partition coefficient (Wildman–Crippen LogP) is 3.96. The van der Waals surface area contributed by atoms with E-state index in [0.717, 1.165) is 0 Å². The van der Waals surface area contributed by atoms with Crippen molar-refractivity contribution in [3.05, 3.63) is 0 Å². The van der Waals surface area contributed by atoms with Gasteiger partial charge >= 0.3 is 0 Å². The SMILES string of the molecule is CC(C)OC(OC(C)C)[Si]1(C)CCCCC1. The van der Waals surface area contributed by atoms with Crippen molar-refractivity contribution in [1.29, 1.82) is 0 Å². The van der Waals surface area contributed by atoms with Crippen LogP contribution in [0.2, 0.25) is 18.6 Å². The first-order valence-corrected chi connectivity index (χ1v) is 9.74. The summed E-state index contributed by atoms with van der Waals surface area (Å²) in [6.07, 6.45) is 4.70. The zero-order chi connectivity index (χ0) is 12.2. The van der Waals surface area contributed by atoms with Crippen molar-refractivity contribution >= 4 is 8.07 Å². The van der Waals surface area contributed by atoms with Crippen molar-refractivity contribution in [1.82, 2.24) is 0 Å². The van der Waals surface area contributed by atoms with Gasteiger partial charge in [-0.15, -0.1) is 0 Å². The first-order chi connectivity index (χ1) is 7.44. The fourth-order valence-corrected chi connectivity index (χ4v) is 6.49. The summed E-state index contributed by atoms with van der Waals surface area (Å²) in [5.74, 6) is 0.104. The van der Waals surface area contributed by atoms with Crippen molar-refractivity contribution < 1.29 is 9.47 Å². The quantitative estimate of drug-likeness (QED) is 0.538. The topological polar surface area (TPSA) is 18.5 Å². The average molecular weight is 244 g/mol. The van der Waals surface area contributed by atoms with E-state index in [0.29, 0.717) is 0 Å². The number of rotatable bonds is 5. The molecular formula is C13H28O2Si. The van der Waals surface area contributed by atoms with Crippen LogP contribution in [0.15, 0.2) is 0 Å². The highest BCUT2D eigenvalue weighted by Gasteiger charge is 2.40. The molecule has 0 saturated carbocycles. The van der Waals surface area contributed by atoms with Crippen molar-refractivity contribution in [2.75, 3.05) is 0 Å². The Hall–Kier alpha value is 0.137.